The Labute approximate surface area is 168 Å². The molecule has 0 saturated carbocycles. The number of aromatic nitrogens is 3. The zero-order valence-electron chi connectivity index (χ0n) is 15.7. The van der Waals surface area contributed by atoms with Crippen molar-refractivity contribution in [1.82, 2.24) is 14.8 Å². The molecule has 2 N–H and O–H groups in total. The number of pyridine rings is 1. The molecule has 2 heterocycles. The third-order valence-electron chi connectivity index (χ3n) is 4.26. The van der Waals surface area contributed by atoms with Gasteiger partial charge >= 0.3 is 0 Å². The molecule has 144 valence electrons. The SMILES string of the molecule is COc1ccccc1Nc1ncccc1C(=O)Nc1ccn(-c2ccccc2)n1. The molecule has 0 saturated heterocycles. The average Bonchev–Trinajstić information content (AvgIpc) is 3.23. The Hall–Kier alpha value is -4.13. The number of carbonyl (C=O) groups excluding carboxylic acids is 1. The van der Waals surface area contributed by atoms with Crippen LogP contribution in [0.5, 0.6) is 5.75 Å². The molecule has 0 radical (unpaired) electrons. The third kappa shape index (κ3) is 4.08. The molecule has 7 nitrogen and oxygen atoms in total. The largest absolute Gasteiger partial charge is 0.495 e. The summed E-state index contributed by atoms with van der Waals surface area (Å²) < 4.78 is 7.06. The van der Waals surface area contributed by atoms with E-state index in [1.807, 2.05) is 54.6 Å². The highest BCUT2D eigenvalue weighted by Crippen LogP contribution is 2.27. The molecule has 4 aromatic rings. The van der Waals surface area contributed by atoms with Crippen LogP contribution in [0.25, 0.3) is 5.69 Å². The number of hydrogen-bond donors (Lipinski definition) is 2. The van der Waals surface area contributed by atoms with E-state index in [0.29, 0.717) is 22.9 Å². The van der Waals surface area contributed by atoms with Gasteiger partial charge in [0, 0.05) is 18.5 Å². The maximum atomic E-state index is 12.9. The molecule has 0 spiro atoms. The van der Waals surface area contributed by atoms with Gasteiger partial charge in [-0.3, -0.25) is 4.79 Å². The summed E-state index contributed by atoms with van der Waals surface area (Å²) >= 11 is 0. The second-order valence-corrected chi connectivity index (χ2v) is 6.16. The standard InChI is InChI=1S/C22H19N5O2/c1-29-19-12-6-5-11-18(19)24-21-17(10-7-14-23-21)22(28)25-20-13-15-27(26-20)16-8-3-2-4-9-16/h2-15H,1H3,(H,23,24)(H,25,26,28). The summed E-state index contributed by atoms with van der Waals surface area (Å²) in [5, 5.41) is 10.4. The average molecular weight is 385 g/mol. The maximum Gasteiger partial charge on any atom is 0.260 e. The lowest BCUT2D eigenvalue weighted by molar-refractivity contribution is 0.102. The van der Waals surface area contributed by atoms with Crippen molar-refractivity contribution in [3.8, 4) is 11.4 Å². The molecule has 0 unspecified atom stereocenters. The fraction of sp³-hybridized carbons (Fsp3) is 0.0455. The lowest BCUT2D eigenvalue weighted by Crippen LogP contribution is -2.15. The second-order valence-electron chi connectivity index (χ2n) is 6.16. The van der Waals surface area contributed by atoms with Crippen LogP contribution < -0.4 is 15.4 Å². The first-order chi connectivity index (χ1) is 14.2. The molecule has 0 bridgehead atoms. The number of carbonyl (C=O) groups is 1. The fourth-order valence-corrected chi connectivity index (χ4v) is 2.86. The van der Waals surface area contributed by atoms with E-state index in [4.69, 9.17) is 4.74 Å². The minimum absolute atomic E-state index is 0.311. The van der Waals surface area contributed by atoms with Crippen molar-refractivity contribution >= 4 is 23.2 Å². The van der Waals surface area contributed by atoms with E-state index in [0.717, 1.165) is 11.4 Å². The van der Waals surface area contributed by atoms with Crippen molar-refractivity contribution in [3.63, 3.8) is 0 Å². The van der Waals surface area contributed by atoms with E-state index in [2.05, 4.69) is 20.7 Å². The molecule has 0 fully saturated rings. The first kappa shape index (κ1) is 18.2. The maximum absolute atomic E-state index is 12.9. The van der Waals surface area contributed by atoms with Gasteiger partial charge in [-0.15, -0.1) is 0 Å². The number of anilines is 3. The molecule has 2 aromatic heterocycles. The van der Waals surface area contributed by atoms with Crippen molar-refractivity contribution in [2.45, 2.75) is 0 Å². The first-order valence-electron chi connectivity index (χ1n) is 9.02. The number of benzene rings is 2. The molecular weight excluding hydrogens is 366 g/mol. The minimum atomic E-state index is -0.311. The number of amides is 1. The van der Waals surface area contributed by atoms with Crippen molar-refractivity contribution in [3.05, 3.63) is 90.8 Å². The zero-order chi connectivity index (χ0) is 20.1. The van der Waals surface area contributed by atoms with E-state index >= 15 is 0 Å². The minimum Gasteiger partial charge on any atom is -0.495 e. The number of methoxy groups -OCH3 is 1. The molecule has 0 aliphatic rings. The van der Waals surface area contributed by atoms with Crippen LogP contribution in [0.3, 0.4) is 0 Å². The van der Waals surface area contributed by atoms with Crippen LogP contribution in [0.1, 0.15) is 10.4 Å². The van der Waals surface area contributed by atoms with Gasteiger partial charge in [-0.2, -0.15) is 5.10 Å². The molecule has 7 heteroatoms. The van der Waals surface area contributed by atoms with E-state index in [1.165, 1.54) is 0 Å². The lowest BCUT2D eigenvalue weighted by atomic mass is 10.2. The van der Waals surface area contributed by atoms with Gasteiger partial charge in [0.15, 0.2) is 5.82 Å². The smallest absolute Gasteiger partial charge is 0.260 e. The Morgan fingerprint density at radius 3 is 2.59 bits per heavy atom. The van der Waals surface area contributed by atoms with Gasteiger partial charge in [0.25, 0.3) is 5.91 Å². The predicted molar refractivity (Wildman–Crippen MR) is 112 cm³/mol. The third-order valence-corrected chi connectivity index (χ3v) is 4.26. The van der Waals surface area contributed by atoms with Gasteiger partial charge in [-0.25, -0.2) is 9.67 Å². The molecule has 4 rings (SSSR count). The van der Waals surface area contributed by atoms with Crippen LogP contribution in [0.4, 0.5) is 17.3 Å². The van der Waals surface area contributed by atoms with Crippen LogP contribution in [0, 0.1) is 0 Å². The number of nitrogens with one attached hydrogen (secondary N) is 2. The molecule has 29 heavy (non-hydrogen) atoms. The Morgan fingerprint density at radius 1 is 0.966 bits per heavy atom. The van der Waals surface area contributed by atoms with Gasteiger partial charge in [0.2, 0.25) is 0 Å². The van der Waals surface area contributed by atoms with Gasteiger partial charge in [-0.1, -0.05) is 30.3 Å². The van der Waals surface area contributed by atoms with Gasteiger partial charge in [0.05, 0.1) is 24.0 Å². The molecular formula is C22H19N5O2. The normalized spacial score (nSPS) is 10.4. The predicted octanol–water partition coefficient (Wildman–Crippen LogP) is 4.27. The number of rotatable bonds is 6. The monoisotopic (exact) mass is 385 g/mol. The van der Waals surface area contributed by atoms with Crippen molar-refractivity contribution in [1.29, 1.82) is 0 Å². The Morgan fingerprint density at radius 2 is 1.76 bits per heavy atom. The molecule has 0 atom stereocenters. The number of ether oxygens (including phenoxy) is 1. The number of nitrogens with zero attached hydrogens (tertiary/aromatic N) is 3. The first-order valence-corrected chi connectivity index (χ1v) is 9.02. The summed E-state index contributed by atoms with van der Waals surface area (Å²) in [6, 6.07) is 22.3. The Bertz CT molecular complexity index is 1120. The molecule has 2 aromatic carbocycles. The van der Waals surface area contributed by atoms with Crippen molar-refractivity contribution in [2.75, 3.05) is 17.7 Å². The summed E-state index contributed by atoms with van der Waals surface area (Å²) in [7, 11) is 1.59. The van der Waals surface area contributed by atoms with Crippen molar-refractivity contribution < 1.29 is 9.53 Å². The fourth-order valence-electron chi connectivity index (χ4n) is 2.86. The van der Waals surface area contributed by atoms with E-state index in [9.17, 15) is 4.79 Å². The van der Waals surface area contributed by atoms with Crippen LogP contribution in [-0.2, 0) is 0 Å². The van der Waals surface area contributed by atoms with E-state index < -0.39 is 0 Å². The summed E-state index contributed by atoms with van der Waals surface area (Å²) in [6.45, 7) is 0. The highest BCUT2D eigenvalue weighted by molar-refractivity contribution is 6.07. The van der Waals surface area contributed by atoms with Crippen LogP contribution in [-0.4, -0.2) is 27.8 Å². The summed E-state index contributed by atoms with van der Waals surface area (Å²) in [5.74, 6) is 1.22. The second kappa shape index (κ2) is 8.26. The highest BCUT2D eigenvalue weighted by Gasteiger charge is 2.15. The highest BCUT2D eigenvalue weighted by atomic mass is 16.5. The topological polar surface area (TPSA) is 81.1 Å². The number of para-hydroxylation sites is 3. The quantitative estimate of drug-likeness (QED) is 0.518. The van der Waals surface area contributed by atoms with Gasteiger partial charge < -0.3 is 15.4 Å². The number of hydrogen-bond acceptors (Lipinski definition) is 5. The Balaban J connectivity index is 1.55. The van der Waals surface area contributed by atoms with Crippen LogP contribution >= 0.6 is 0 Å². The van der Waals surface area contributed by atoms with E-state index in [-0.39, 0.29) is 5.91 Å². The molecule has 0 aliphatic carbocycles. The van der Waals surface area contributed by atoms with Crippen molar-refractivity contribution in [2.24, 2.45) is 0 Å². The van der Waals surface area contributed by atoms with Crippen LogP contribution in [0.2, 0.25) is 0 Å². The molecule has 0 aliphatic heterocycles. The lowest BCUT2D eigenvalue weighted by Gasteiger charge is -2.13. The van der Waals surface area contributed by atoms with E-state index in [1.54, 1.807) is 42.4 Å². The van der Waals surface area contributed by atoms with Gasteiger partial charge in [0.1, 0.15) is 11.6 Å². The van der Waals surface area contributed by atoms with Gasteiger partial charge in [-0.05, 0) is 36.4 Å². The zero-order valence-corrected chi connectivity index (χ0v) is 15.7. The van der Waals surface area contributed by atoms with Crippen LogP contribution in [0.15, 0.2) is 85.2 Å². The molecule has 1 amide bonds. The summed E-state index contributed by atoms with van der Waals surface area (Å²) in [5.41, 5.74) is 2.02. The summed E-state index contributed by atoms with van der Waals surface area (Å²) in [6.07, 6.45) is 3.42. The summed E-state index contributed by atoms with van der Waals surface area (Å²) in [4.78, 5) is 17.2. The Kier molecular flexibility index (Phi) is 5.20.